The van der Waals surface area contributed by atoms with Gasteiger partial charge in [-0.05, 0) is 19.8 Å². The van der Waals surface area contributed by atoms with Gasteiger partial charge in [0.15, 0.2) is 0 Å². The van der Waals surface area contributed by atoms with E-state index in [0.29, 0.717) is 18.9 Å². The number of amides is 1. The van der Waals surface area contributed by atoms with Crippen LogP contribution in [0.1, 0.15) is 34.1 Å². The molecule has 0 unspecified atom stereocenters. The van der Waals surface area contributed by atoms with Crippen LogP contribution in [0.3, 0.4) is 0 Å². The van der Waals surface area contributed by atoms with Gasteiger partial charge < -0.3 is 0 Å². The smallest absolute Gasteiger partial charge is 0.249 e. The summed E-state index contributed by atoms with van der Waals surface area (Å²) in [6.45, 7) is 8.71. The summed E-state index contributed by atoms with van der Waals surface area (Å²) in [6, 6.07) is 0. The Morgan fingerprint density at radius 1 is 1.58 bits per heavy atom. The van der Waals surface area contributed by atoms with Crippen molar-refractivity contribution in [2.24, 2.45) is 5.92 Å². The van der Waals surface area contributed by atoms with Crippen molar-refractivity contribution in [1.29, 1.82) is 0 Å². The zero-order valence-corrected chi connectivity index (χ0v) is 8.26. The molecule has 0 spiro atoms. The van der Waals surface area contributed by atoms with Gasteiger partial charge in [0.05, 0.1) is 18.6 Å². The molecule has 1 aliphatic rings. The summed E-state index contributed by atoms with van der Waals surface area (Å²) >= 11 is 0. The molecule has 0 aromatic carbocycles. The maximum atomic E-state index is 11.3. The summed E-state index contributed by atoms with van der Waals surface area (Å²) in [5, 5.41) is 1.49. The average Bonchev–Trinajstić information content (AvgIpc) is 2.03. The van der Waals surface area contributed by atoms with Crippen LogP contribution in [0, 0.1) is 5.92 Å². The first kappa shape index (κ1) is 9.52. The van der Waals surface area contributed by atoms with Crippen LogP contribution in [-0.4, -0.2) is 23.1 Å². The molecule has 0 aliphatic carbocycles. The Labute approximate surface area is 73.6 Å². The quantitative estimate of drug-likeness (QED) is 0.631. The first-order valence-corrected chi connectivity index (χ1v) is 4.40. The third-order valence-corrected chi connectivity index (χ3v) is 1.74. The zero-order chi connectivity index (χ0) is 9.35. The third kappa shape index (κ3) is 2.21. The number of carbonyl (C=O) groups is 1. The van der Waals surface area contributed by atoms with E-state index in [1.165, 1.54) is 5.06 Å². The first-order chi connectivity index (χ1) is 5.41. The summed E-state index contributed by atoms with van der Waals surface area (Å²) in [6.07, 6.45) is 0.500. The molecule has 0 aromatic heterocycles. The highest BCUT2D eigenvalue weighted by atomic mass is 16.7. The predicted octanol–water partition coefficient (Wildman–Crippen LogP) is 1.58. The standard InChI is InChI=1S/C9H17NO2/c1-7(2)6-10-8(11)5-9(3,4)12-10/h7H,5-6H2,1-4H3. The lowest BCUT2D eigenvalue weighted by atomic mass is 10.1. The second kappa shape index (κ2) is 3.05. The molecule has 1 saturated heterocycles. The number of hydrogen-bond donors (Lipinski definition) is 0. The topological polar surface area (TPSA) is 29.5 Å². The minimum Gasteiger partial charge on any atom is -0.272 e. The fourth-order valence-electron chi connectivity index (χ4n) is 1.30. The average molecular weight is 171 g/mol. The van der Waals surface area contributed by atoms with E-state index in [1.54, 1.807) is 0 Å². The van der Waals surface area contributed by atoms with E-state index in [-0.39, 0.29) is 11.5 Å². The molecule has 0 aromatic rings. The predicted molar refractivity (Wildman–Crippen MR) is 46.3 cm³/mol. The summed E-state index contributed by atoms with van der Waals surface area (Å²) in [5.41, 5.74) is -0.300. The van der Waals surface area contributed by atoms with Crippen LogP contribution in [0.15, 0.2) is 0 Å². The molecule has 0 saturated carbocycles. The maximum Gasteiger partial charge on any atom is 0.249 e. The Kier molecular flexibility index (Phi) is 2.42. The summed E-state index contributed by atoms with van der Waals surface area (Å²) < 4.78 is 0. The van der Waals surface area contributed by atoms with Crippen molar-refractivity contribution in [2.75, 3.05) is 6.54 Å². The molecule has 0 atom stereocenters. The van der Waals surface area contributed by atoms with Gasteiger partial charge in [0.25, 0.3) is 0 Å². The molecule has 1 rings (SSSR count). The largest absolute Gasteiger partial charge is 0.272 e. The van der Waals surface area contributed by atoms with E-state index in [2.05, 4.69) is 13.8 Å². The number of hydrogen-bond acceptors (Lipinski definition) is 2. The van der Waals surface area contributed by atoms with Gasteiger partial charge in [-0.1, -0.05) is 13.8 Å². The second-order valence-corrected chi connectivity index (χ2v) is 4.38. The Hall–Kier alpha value is -0.570. The molecule has 70 valence electrons. The fourth-order valence-corrected chi connectivity index (χ4v) is 1.30. The molecule has 12 heavy (non-hydrogen) atoms. The second-order valence-electron chi connectivity index (χ2n) is 4.38. The number of nitrogens with zero attached hydrogens (tertiary/aromatic N) is 1. The molecule has 0 N–H and O–H groups in total. The first-order valence-electron chi connectivity index (χ1n) is 4.40. The Morgan fingerprint density at radius 3 is 2.50 bits per heavy atom. The van der Waals surface area contributed by atoms with Gasteiger partial charge in [-0.2, -0.15) is 0 Å². The van der Waals surface area contributed by atoms with Gasteiger partial charge in [0.1, 0.15) is 0 Å². The van der Waals surface area contributed by atoms with E-state index in [0.717, 1.165) is 0 Å². The van der Waals surface area contributed by atoms with Crippen molar-refractivity contribution >= 4 is 5.91 Å². The molecule has 1 heterocycles. The summed E-state index contributed by atoms with van der Waals surface area (Å²) in [5.74, 6) is 0.566. The van der Waals surface area contributed by atoms with Crippen molar-refractivity contribution < 1.29 is 9.63 Å². The van der Waals surface area contributed by atoms with Gasteiger partial charge in [-0.25, -0.2) is 5.06 Å². The third-order valence-electron chi connectivity index (χ3n) is 1.74. The lowest BCUT2D eigenvalue weighted by molar-refractivity contribution is -0.193. The summed E-state index contributed by atoms with van der Waals surface area (Å²) in [4.78, 5) is 16.8. The van der Waals surface area contributed by atoms with E-state index in [9.17, 15) is 4.79 Å². The van der Waals surface area contributed by atoms with Crippen LogP contribution in [0.25, 0.3) is 0 Å². The van der Waals surface area contributed by atoms with Gasteiger partial charge in [-0.15, -0.1) is 0 Å². The minimum absolute atomic E-state index is 0.105. The Bertz CT molecular complexity index is 187. The molecule has 0 radical (unpaired) electrons. The monoisotopic (exact) mass is 171 g/mol. The lowest BCUT2D eigenvalue weighted by Crippen LogP contribution is -2.29. The van der Waals surface area contributed by atoms with Crippen LogP contribution in [0.4, 0.5) is 0 Å². The fraction of sp³-hybridized carbons (Fsp3) is 0.889. The van der Waals surface area contributed by atoms with Crippen molar-refractivity contribution in [2.45, 2.75) is 39.7 Å². The van der Waals surface area contributed by atoms with Crippen molar-refractivity contribution in [3.8, 4) is 0 Å². The lowest BCUT2D eigenvalue weighted by Gasteiger charge is -2.21. The van der Waals surface area contributed by atoms with Gasteiger partial charge in [0, 0.05) is 0 Å². The number of carbonyl (C=O) groups excluding carboxylic acids is 1. The highest BCUT2D eigenvalue weighted by molar-refractivity contribution is 5.77. The van der Waals surface area contributed by atoms with Gasteiger partial charge >= 0.3 is 0 Å². The molecule has 1 amide bonds. The van der Waals surface area contributed by atoms with Crippen LogP contribution in [0.5, 0.6) is 0 Å². The number of hydroxylamine groups is 2. The zero-order valence-electron chi connectivity index (χ0n) is 8.26. The molecular formula is C9H17NO2. The molecule has 3 heteroatoms. The SMILES string of the molecule is CC(C)CN1OC(C)(C)CC1=O. The van der Waals surface area contributed by atoms with Crippen LogP contribution in [0.2, 0.25) is 0 Å². The number of rotatable bonds is 2. The highest BCUT2D eigenvalue weighted by Gasteiger charge is 2.37. The highest BCUT2D eigenvalue weighted by Crippen LogP contribution is 2.26. The van der Waals surface area contributed by atoms with E-state index < -0.39 is 0 Å². The van der Waals surface area contributed by atoms with Crippen LogP contribution >= 0.6 is 0 Å². The minimum atomic E-state index is -0.300. The van der Waals surface area contributed by atoms with Crippen molar-refractivity contribution in [3.63, 3.8) is 0 Å². The van der Waals surface area contributed by atoms with E-state index in [4.69, 9.17) is 4.84 Å². The molecule has 1 aliphatic heterocycles. The molecule has 3 nitrogen and oxygen atoms in total. The normalized spacial score (nSPS) is 22.4. The van der Waals surface area contributed by atoms with E-state index >= 15 is 0 Å². The van der Waals surface area contributed by atoms with Crippen LogP contribution < -0.4 is 0 Å². The van der Waals surface area contributed by atoms with Crippen molar-refractivity contribution in [3.05, 3.63) is 0 Å². The van der Waals surface area contributed by atoms with Gasteiger partial charge in [0.2, 0.25) is 5.91 Å². The Balaban J connectivity index is 2.53. The van der Waals surface area contributed by atoms with Gasteiger partial charge in [-0.3, -0.25) is 9.63 Å². The molecule has 0 bridgehead atoms. The maximum absolute atomic E-state index is 11.3. The van der Waals surface area contributed by atoms with E-state index in [1.807, 2.05) is 13.8 Å². The van der Waals surface area contributed by atoms with Crippen molar-refractivity contribution in [1.82, 2.24) is 5.06 Å². The van der Waals surface area contributed by atoms with Crippen LogP contribution in [-0.2, 0) is 9.63 Å². The molecular weight excluding hydrogens is 154 g/mol. The molecule has 1 fully saturated rings. The summed E-state index contributed by atoms with van der Waals surface area (Å²) in [7, 11) is 0. The Morgan fingerprint density at radius 2 is 2.17 bits per heavy atom.